The van der Waals surface area contributed by atoms with Gasteiger partial charge in [0.05, 0.1) is 24.2 Å². The molecular formula is C24H33N3O4S. The van der Waals surface area contributed by atoms with Gasteiger partial charge < -0.3 is 15.0 Å². The number of carbonyl (C=O) groups excluding carboxylic acids is 1. The molecule has 1 fully saturated rings. The number of nitrogens with zero attached hydrogens (tertiary/aromatic N) is 2. The summed E-state index contributed by atoms with van der Waals surface area (Å²) >= 11 is 0. The molecule has 0 bridgehead atoms. The van der Waals surface area contributed by atoms with Crippen LogP contribution >= 0.6 is 0 Å². The quantitative estimate of drug-likeness (QED) is 0.643. The molecule has 1 aliphatic rings. The zero-order valence-corrected chi connectivity index (χ0v) is 19.9. The van der Waals surface area contributed by atoms with Crippen molar-refractivity contribution in [2.75, 3.05) is 37.0 Å². The Bertz CT molecular complexity index is 1000. The molecule has 0 aromatic heterocycles. The molecule has 8 heteroatoms. The number of para-hydroxylation sites is 1. The zero-order chi connectivity index (χ0) is 23.1. The van der Waals surface area contributed by atoms with E-state index in [1.54, 1.807) is 27.4 Å². The van der Waals surface area contributed by atoms with Crippen LogP contribution in [-0.2, 0) is 14.8 Å². The molecule has 174 valence electrons. The lowest BCUT2D eigenvalue weighted by molar-refractivity contribution is -0.117. The fourth-order valence-corrected chi connectivity index (χ4v) is 5.54. The van der Waals surface area contributed by atoms with Gasteiger partial charge in [-0.15, -0.1) is 0 Å². The van der Waals surface area contributed by atoms with Crippen LogP contribution in [0, 0.1) is 0 Å². The van der Waals surface area contributed by atoms with Gasteiger partial charge in [0.25, 0.3) is 0 Å². The molecule has 32 heavy (non-hydrogen) atoms. The van der Waals surface area contributed by atoms with Gasteiger partial charge in [0.1, 0.15) is 5.75 Å². The van der Waals surface area contributed by atoms with Gasteiger partial charge in [0.2, 0.25) is 15.9 Å². The third-order valence-electron chi connectivity index (χ3n) is 5.62. The summed E-state index contributed by atoms with van der Waals surface area (Å²) in [5.41, 5.74) is 1.30. The summed E-state index contributed by atoms with van der Waals surface area (Å²) in [6.07, 6.45) is 3.85. The number of ether oxygens (including phenoxy) is 1. The van der Waals surface area contributed by atoms with Crippen LogP contribution in [0.5, 0.6) is 5.75 Å². The second kappa shape index (κ2) is 10.8. The number of hydrogen-bond acceptors (Lipinski definition) is 5. The molecule has 1 N–H and O–H groups in total. The highest BCUT2D eigenvalue weighted by Crippen LogP contribution is 2.30. The Labute approximate surface area is 191 Å². The Morgan fingerprint density at radius 3 is 2.31 bits per heavy atom. The zero-order valence-electron chi connectivity index (χ0n) is 19.1. The number of anilines is 2. The van der Waals surface area contributed by atoms with Crippen molar-refractivity contribution in [3.63, 3.8) is 0 Å². The minimum Gasteiger partial charge on any atom is -0.495 e. The van der Waals surface area contributed by atoms with Gasteiger partial charge in [-0.05, 0) is 57.0 Å². The second-order valence-corrected chi connectivity index (χ2v) is 10.2. The van der Waals surface area contributed by atoms with Crippen LogP contribution in [0.4, 0.5) is 11.4 Å². The van der Waals surface area contributed by atoms with E-state index in [0.717, 1.165) is 31.4 Å². The number of carbonyl (C=O) groups is 1. The van der Waals surface area contributed by atoms with Gasteiger partial charge >= 0.3 is 0 Å². The summed E-state index contributed by atoms with van der Waals surface area (Å²) in [6.45, 7) is 5.00. The number of sulfonamides is 1. The number of rotatable bonds is 8. The van der Waals surface area contributed by atoms with Crippen molar-refractivity contribution in [1.82, 2.24) is 4.31 Å². The molecule has 2 aromatic carbocycles. The van der Waals surface area contributed by atoms with Gasteiger partial charge in [-0.25, -0.2) is 8.42 Å². The Morgan fingerprint density at radius 2 is 1.72 bits per heavy atom. The number of amides is 1. The summed E-state index contributed by atoms with van der Waals surface area (Å²) < 4.78 is 33.4. The van der Waals surface area contributed by atoms with E-state index in [0.29, 0.717) is 24.5 Å². The largest absolute Gasteiger partial charge is 0.495 e. The van der Waals surface area contributed by atoms with E-state index >= 15 is 0 Å². The van der Waals surface area contributed by atoms with Crippen molar-refractivity contribution in [2.24, 2.45) is 0 Å². The van der Waals surface area contributed by atoms with Crippen molar-refractivity contribution in [3.05, 3.63) is 48.5 Å². The van der Waals surface area contributed by atoms with Gasteiger partial charge in [0, 0.05) is 24.8 Å². The Kier molecular flexibility index (Phi) is 8.15. The van der Waals surface area contributed by atoms with Gasteiger partial charge in [0.15, 0.2) is 0 Å². The molecule has 1 heterocycles. The Balaban J connectivity index is 1.80. The average Bonchev–Trinajstić information content (AvgIpc) is 3.08. The molecule has 0 spiro atoms. The summed E-state index contributed by atoms with van der Waals surface area (Å²) in [6, 6.07) is 14.2. The fourth-order valence-electron chi connectivity index (χ4n) is 3.99. The highest BCUT2D eigenvalue weighted by atomic mass is 32.2. The molecule has 0 aliphatic carbocycles. The predicted molar refractivity (Wildman–Crippen MR) is 128 cm³/mol. The Hall–Kier alpha value is -2.58. The van der Waals surface area contributed by atoms with Crippen molar-refractivity contribution in [3.8, 4) is 5.75 Å². The van der Waals surface area contributed by atoms with Gasteiger partial charge in [-0.2, -0.15) is 4.31 Å². The minimum absolute atomic E-state index is 0.0106. The molecule has 2 aromatic rings. The summed E-state index contributed by atoms with van der Waals surface area (Å²) in [5, 5.41) is 3.10. The van der Waals surface area contributed by atoms with Crippen LogP contribution in [0.1, 0.15) is 39.5 Å². The van der Waals surface area contributed by atoms with E-state index in [-0.39, 0.29) is 23.4 Å². The number of hydrogen-bond donors (Lipinski definition) is 1. The first-order chi connectivity index (χ1) is 15.3. The third kappa shape index (κ3) is 5.61. The molecule has 7 nitrogen and oxygen atoms in total. The summed E-state index contributed by atoms with van der Waals surface area (Å²) in [7, 11) is -2.08. The molecule has 0 atom stereocenters. The summed E-state index contributed by atoms with van der Waals surface area (Å²) in [4.78, 5) is 14.9. The maximum atomic E-state index is 13.2. The van der Waals surface area contributed by atoms with Crippen molar-refractivity contribution in [2.45, 2.75) is 50.5 Å². The topological polar surface area (TPSA) is 79.0 Å². The van der Waals surface area contributed by atoms with Crippen LogP contribution in [0.3, 0.4) is 0 Å². The number of benzene rings is 2. The summed E-state index contributed by atoms with van der Waals surface area (Å²) in [5.74, 6) is 0.373. The lowest BCUT2D eigenvalue weighted by Gasteiger charge is -2.27. The first kappa shape index (κ1) is 24.1. The average molecular weight is 460 g/mol. The van der Waals surface area contributed by atoms with E-state index in [1.165, 1.54) is 7.11 Å². The van der Waals surface area contributed by atoms with E-state index in [4.69, 9.17) is 4.74 Å². The molecule has 0 saturated carbocycles. The van der Waals surface area contributed by atoms with E-state index in [1.807, 2.05) is 44.2 Å². The van der Waals surface area contributed by atoms with Crippen LogP contribution in [0.15, 0.2) is 53.4 Å². The SMILES string of the molecule is COc1ccc(S(=O)(=O)N2CCCCCC2)cc1NCC(=O)N(c1ccccc1)C(C)C. The van der Waals surface area contributed by atoms with Gasteiger partial charge in [-0.1, -0.05) is 31.0 Å². The highest BCUT2D eigenvalue weighted by molar-refractivity contribution is 7.89. The molecule has 3 rings (SSSR count). The lowest BCUT2D eigenvalue weighted by atomic mass is 10.2. The monoisotopic (exact) mass is 459 g/mol. The van der Waals surface area contributed by atoms with Crippen LogP contribution in [0.2, 0.25) is 0 Å². The van der Waals surface area contributed by atoms with Gasteiger partial charge in [-0.3, -0.25) is 4.79 Å². The molecule has 1 aliphatic heterocycles. The number of methoxy groups -OCH3 is 1. The molecule has 0 radical (unpaired) electrons. The smallest absolute Gasteiger partial charge is 0.246 e. The molecule has 1 amide bonds. The molecular weight excluding hydrogens is 426 g/mol. The first-order valence-corrected chi connectivity index (χ1v) is 12.6. The van der Waals surface area contributed by atoms with Crippen molar-refractivity contribution in [1.29, 1.82) is 0 Å². The maximum absolute atomic E-state index is 13.2. The Morgan fingerprint density at radius 1 is 1.06 bits per heavy atom. The highest BCUT2D eigenvalue weighted by Gasteiger charge is 2.26. The maximum Gasteiger partial charge on any atom is 0.246 e. The van der Waals surface area contributed by atoms with E-state index < -0.39 is 10.0 Å². The number of nitrogens with one attached hydrogen (secondary N) is 1. The second-order valence-electron chi connectivity index (χ2n) is 8.23. The standard InChI is InChI=1S/C24H33N3O4S/c1-19(2)27(20-11-7-6-8-12-20)24(28)18-25-22-17-21(13-14-23(22)31-3)32(29,30)26-15-9-4-5-10-16-26/h6-8,11-14,17,19,25H,4-5,9-10,15-16,18H2,1-3H3. The fraction of sp³-hybridized carbons (Fsp3) is 0.458. The normalized spacial score (nSPS) is 15.2. The van der Waals surface area contributed by atoms with Crippen molar-refractivity contribution < 1.29 is 17.9 Å². The van der Waals surface area contributed by atoms with E-state index in [2.05, 4.69) is 5.32 Å². The van der Waals surface area contributed by atoms with Crippen LogP contribution in [0.25, 0.3) is 0 Å². The minimum atomic E-state index is -3.60. The first-order valence-electron chi connectivity index (χ1n) is 11.1. The van der Waals surface area contributed by atoms with Crippen LogP contribution in [-0.4, -0.2) is 51.4 Å². The van der Waals surface area contributed by atoms with Crippen molar-refractivity contribution >= 4 is 27.3 Å². The molecule has 1 saturated heterocycles. The van der Waals surface area contributed by atoms with E-state index in [9.17, 15) is 13.2 Å². The third-order valence-corrected chi connectivity index (χ3v) is 7.52. The molecule has 0 unspecified atom stereocenters. The lowest BCUT2D eigenvalue weighted by Crippen LogP contribution is -2.40. The van der Waals surface area contributed by atoms with Crippen LogP contribution < -0.4 is 15.0 Å². The predicted octanol–water partition coefficient (Wildman–Crippen LogP) is 4.11.